The monoisotopic (exact) mass is 338 g/mol. The number of nitrogens with one attached hydrogen (secondary N) is 2. The molecule has 0 aliphatic rings. The van der Waals surface area contributed by atoms with Crippen molar-refractivity contribution in [3.8, 4) is 5.75 Å². The number of carbonyl (C=O) groups is 1. The summed E-state index contributed by atoms with van der Waals surface area (Å²) in [5.41, 5.74) is 0.642. The molecule has 0 atom stereocenters. The second kappa shape index (κ2) is 11.7. The van der Waals surface area contributed by atoms with Crippen LogP contribution in [0.1, 0.15) is 27.7 Å². The third-order valence-corrected chi connectivity index (χ3v) is 2.92. The van der Waals surface area contributed by atoms with E-state index in [1.54, 1.807) is 12.1 Å². The van der Waals surface area contributed by atoms with Crippen molar-refractivity contribution in [2.24, 2.45) is 5.92 Å². The highest BCUT2D eigenvalue weighted by molar-refractivity contribution is 5.84. The molecule has 136 valence electrons. The van der Waals surface area contributed by atoms with Crippen LogP contribution in [0.2, 0.25) is 0 Å². The SMILES string of the molecule is CC(C)COc1cccc(NC(=O)OCCOCCNC(C)C)c1. The number of hydrogen-bond acceptors (Lipinski definition) is 5. The van der Waals surface area contributed by atoms with Crippen LogP contribution in [0.25, 0.3) is 0 Å². The molecule has 0 bridgehead atoms. The fourth-order valence-electron chi connectivity index (χ4n) is 1.80. The Bertz CT molecular complexity index is 478. The summed E-state index contributed by atoms with van der Waals surface area (Å²) in [6.45, 7) is 10.9. The second-order valence-electron chi connectivity index (χ2n) is 6.21. The number of benzene rings is 1. The molecule has 6 heteroatoms. The zero-order valence-electron chi connectivity index (χ0n) is 15.1. The largest absolute Gasteiger partial charge is 0.493 e. The van der Waals surface area contributed by atoms with E-state index in [0.717, 1.165) is 12.3 Å². The fraction of sp³-hybridized carbons (Fsp3) is 0.611. The Morgan fingerprint density at radius 2 is 1.92 bits per heavy atom. The van der Waals surface area contributed by atoms with Gasteiger partial charge in [0.25, 0.3) is 0 Å². The van der Waals surface area contributed by atoms with Crippen LogP contribution in [0.5, 0.6) is 5.75 Å². The van der Waals surface area contributed by atoms with Gasteiger partial charge in [0, 0.05) is 24.3 Å². The highest BCUT2D eigenvalue weighted by atomic mass is 16.6. The van der Waals surface area contributed by atoms with Crippen molar-refractivity contribution in [1.29, 1.82) is 0 Å². The first-order chi connectivity index (χ1) is 11.5. The first-order valence-corrected chi connectivity index (χ1v) is 8.45. The maximum absolute atomic E-state index is 11.7. The van der Waals surface area contributed by atoms with Crippen molar-refractivity contribution < 1.29 is 19.0 Å². The van der Waals surface area contributed by atoms with Gasteiger partial charge in [0.05, 0.1) is 19.8 Å². The van der Waals surface area contributed by atoms with E-state index in [4.69, 9.17) is 14.2 Å². The summed E-state index contributed by atoms with van der Waals surface area (Å²) in [4.78, 5) is 11.7. The molecule has 1 aromatic carbocycles. The molecule has 6 nitrogen and oxygen atoms in total. The average Bonchev–Trinajstić information content (AvgIpc) is 2.52. The Labute approximate surface area is 144 Å². The van der Waals surface area contributed by atoms with Crippen molar-refractivity contribution in [1.82, 2.24) is 5.32 Å². The van der Waals surface area contributed by atoms with Crippen LogP contribution in [0.15, 0.2) is 24.3 Å². The summed E-state index contributed by atoms with van der Waals surface area (Å²) in [5, 5.41) is 5.92. The molecule has 0 radical (unpaired) electrons. The molecule has 0 aromatic heterocycles. The van der Waals surface area contributed by atoms with Gasteiger partial charge < -0.3 is 19.5 Å². The van der Waals surface area contributed by atoms with E-state index in [9.17, 15) is 4.79 Å². The number of carbonyl (C=O) groups excluding carboxylic acids is 1. The maximum atomic E-state index is 11.7. The van der Waals surface area contributed by atoms with Gasteiger partial charge in [-0.1, -0.05) is 33.8 Å². The molecule has 0 fully saturated rings. The lowest BCUT2D eigenvalue weighted by Gasteiger charge is -2.11. The van der Waals surface area contributed by atoms with Gasteiger partial charge in [-0.15, -0.1) is 0 Å². The highest BCUT2D eigenvalue weighted by Gasteiger charge is 2.05. The zero-order valence-corrected chi connectivity index (χ0v) is 15.1. The lowest BCUT2D eigenvalue weighted by atomic mass is 10.2. The molecular weight excluding hydrogens is 308 g/mol. The maximum Gasteiger partial charge on any atom is 0.411 e. The van der Waals surface area contributed by atoms with E-state index in [0.29, 0.717) is 37.5 Å². The van der Waals surface area contributed by atoms with E-state index in [1.165, 1.54) is 0 Å². The molecule has 0 unspecified atom stereocenters. The standard InChI is InChI=1S/C18H30N2O4/c1-14(2)13-24-17-7-5-6-16(12-17)20-18(21)23-11-10-22-9-8-19-15(3)4/h5-7,12,14-15,19H,8-11,13H2,1-4H3,(H,20,21). The number of hydrogen-bond donors (Lipinski definition) is 2. The van der Waals surface area contributed by atoms with Crippen LogP contribution in [0, 0.1) is 5.92 Å². The highest BCUT2D eigenvalue weighted by Crippen LogP contribution is 2.18. The lowest BCUT2D eigenvalue weighted by Crippen LogP contribution is -2.27. The van der Waals surface area contributed by atoms with Crippen molar-refractivity contribution in [3.05, 3.63) is 24.3 Å². The van der Waals surface area contributed by atoms with Crippen molar-refractivity contribution in [3.63, 3.8) is 0 Å². The van der Waals surface area contributed by atoms with E-state index in [2.05, 4.69) is 38.3 Å². The van der Waals surface area contributed by atoms with Crippen LogP contribution >= 0.6 is 0 Å². The molecule has 1 rings (SSSR count). The Morgan fingerprint density at radius 3 is 2.62 bits per heavy atom. The van der Waals surface area contributed by atoms with Crippen LogP contribution in [0.3, 0.4) is 0 Å². The van der Waals surface area contributed by atoms with Gasteiger partial charge >= 0.3 is 6.09 Å². The van der Waals surface area contributed by atoms with E-state index >= 15 is 0 Å². The minimum Gasteiger partial charge on any atom is -0.493 e. The van der Waals surface area contributed by atoms with Crippen LogP contribution < -0.4 is 15.4 Å². The van der Waals surface area contributed by atoms with Gasteiger partial charge in [-0.2, -0.15) is 0 Å². The lowest BCUT2D eigenvalue weighted by molar-refractivity contribution is 0.0789. The predicted molar refractivity (Wildman–Crippen MR) is 95.7 cm³/mol. The Kier molecular flexibility index (Phi) is 9.88. The molecule has 0 aliphatic heterocycles. The van der Waals surface area contributed by atoms with Gasteiger partial charge in [0.2, 0.25) is 0 Å². The minimum atomic E-state index is -0.500. The van der Waals surface area contributed by atoms with Crippen molar-refractivity contribution in [2.45, 2.75) is 33.7 Å². The second-order valence-corrected chi connectivity index (χ2v) is 6.21. The van der Waals surface area contributed by atoms with E-state index in [-0.39, 0.29) is 6.61 Å². The van der Waals surface area contributed by atoms with Gasteiger partial charge in [-0.25, -0.2) is 4.79 Å². The number of rotatable bonds is 11. The Hall–Kier alpha value is -1.79. The molecule has 0 aliphatic carbocycles. The van der Waals surface area contributed by atoms with Gasteiger partial charge in [-0.05, 0) is 18.1 Å². The van der Waals surface area contributed by atoms with Gasteiger partial charge in [0.1, 0.15) is 12.4 Å². The van der Waals surface area contributed by atoms with Gasteiger partial charge in [0.15, 0.2) is 0 Å². The Balaban J connectivity index is 2.19. The molecule has 1 amide bonds. The topological polar surface area (TPSA) is 68.8 Å². The molecule has 0 saturated carbocycles. The molecule has 0 spiro atoms. The quantitative estimate of drug-likeness (QED) is 0.606. The third-order valence-electron chi connectivity index (χ3n) is 2.92. The van der Waals surface area contributed by atoms with Crippen molar-refractivity contribution >= 4 is 11.8 Å². The fourth-order valence-corrected chi connectivity index (χ4v) is 1.80. The summed E-state index contributed by atoms with van der Waals surface area (Å²) < 4.78 is 16.1. The average molecular weight is 338 g/mol. The summed E-state index contributed by atoms with van der Waals surface area (Å²) in [6, 6.07) is 7.69. The zero-order chi connectivity index (χ0) is 17.8. The minimum absolute atomic E-state index is 0.219. The van der Waals surface area contributed by atoms with Gasteiger partial charge in [-0.3, -0.25) is 5.32 Å². The molecule has 24 heavy (non-hydrogen) atoms. The number of ether oxygens (including phenoxy) is 3. The van der Waals surface area contributed by atoms with Crippen LogP contribution in [-0.4, -0.2) is 45.1 Å². The number of amides is 1. The summed E-state index contributed by atoms with van der Waals surface area (Å²) >= 11 is 0. The third kappa shape index (κ3) is 10.1. The summed E-state index contributed by atoms with van der Waals surface area (Å²) in [5.74, 6) is 1.17. The van der Waals surface area contributed by atoms with Crippen LogP contribution in [0.4, 0.5) is 10.5 Å². The van der Waals surface area contributed by atoms with E-state index in [1.807, 2.05) is 12.1 Å². The van der Waals surface area contributed by atoms with Crippen molar-refractivity contribution in [2.75, 3.05) is 38.3 Å². The molecular formula is C18H30N2O4. The predicted octanol–water partition coefficient (Wildman–Crippen LogP) is 3.28. The number of anilines is 1. The normalized spacial score (nSPS) is 10.9. The first-order valence-electron chi connectivity index (χ1n) is 8.45. The Morgan fingerprint density at radius 1 is 1.12 bits per heavy atom. The molecule has 0 heterocycles. The molecule has 2 N–H and O–H groups in total. The molecule has 0 saturated heterocycles. The summed E-state index contributed by atoms with van der Waals surface area (Å²) in [7, 11) is 0. The van der Waals surface area contributed by atoms with Crippen LogP contribution in [-0.2, 0) is 9.47 Å². The smallest absolute Gasteiger partial charge is 0.411 e. The molecule has 1 aromatic rings. The summed E-state index contributed by atoms with van der Waals surface area (Å²) in [6.07, 6.45) is -0.500. The van der Waals surface area contributed by atoms with E-state index < -0.39 is 6.09 Å². The first kappa shape index (κ1) is 20.3.